The zero-order valence-electron chi connectivity index (χ0n) is 17.8. The van der Waals surface area contributed by atoms with Gasteiger partial charge in [-0.15, -0.1) is 0 Å². The van der Waals surface area contributed by atoms with Crippen molar-refractivity contribution in [2.75, 3.05) is 0 Å². The van der Waals surface area contributed by atoms with Crippen LogP contribution in [0.4, 0.5) is 4.79 Å². The Labute approximate surface area is 177 Å². The Hall–Kier alpha value is -3.15. The third-order valence-electron chi connectivity index (χ3n) is 5.08. The third-order valence-corrected chi connectivity index (χ3v) is 5.08. The third kappa shape index (κ3) is 4.53. The zero-order valence-corrected chi connectivity index (χ0v) is 17.8. The number of ether oxygens (including phenoxy) is 1. The van der Waals surface area contributed by atoms with Crippen LogP contribution in [0.25, 0.3) is 0 Å². The maximum atomic E-state index is 13.2. The first-order valence-corrected chi connectivity index (χ1v) is 10.1. The minimum atomic E-state index is -1.35. The number of carbonyl (C=O) groups excluding carboxylic acids is 3. The second-order valence-electron chi connectivity index (χ2n) is 8.68. The molecule has 1 fully saturated rings. The lowest BCUT2D eigenvalue weighted by Gasteiger charge is -2.49. The van der Waals surface area contributed by atoms with Crippen molar-refractivity contribution in [2.24, 2.45) is 0 Å². The molecule has 158 valence electrons. The standard InChI is InChI=1S/C24H28N2O4/c1-17(19-13-9-6-10-14-19)25-22(29)26-20(27)16-24(26,21(28)30-23(2,3)4)15-18-11-7-5-8-12-18/h5-14,17H,15-16H2,1-4H3,(H,25,29)/t17-,24-/m1/s1. The van der Waals surface area contributed by atoms with Gasteiger partial charge in [-0.05, 0) is 38.8 Å². The van der Waals surface area contributed by atoms with E-state index in [0.717, 1.165) is 16.0 Å². The lowest BCUT2D eigenvalue weighted by Crippen LogP contribution is -2.73. The molecule has 3 amide bonds. The number of esters is 1. The highest BCUT2D eigenvalue weighted by Gasteiger charge is 2.61. The molecule has 2 aromatic rings. The average molecular weight is 408 g/mol. The van der Waals surface area contributed by atoms with Crippen LogP contribution in [0, 0.1) is 0 Å². The molecule has 0 aromatic heterocycles. The van der Waals surface area contributed by atoms with Gasteiger partial charge in [0.1, 0.15) is 5.60 Å². The maximum Gasteiger partial charge on any atom is 0.334 e. The largest absolute Gasteiger partial charge is 0.458 e. The van der Waals surface area contributed by atoms with E-state index in [0.29, 0.717) is 0 Å². The van der Waals surface area contributed by atoms with Crippen molar-refractivity contribution >= 4 is 17.9 Å². The summed E-state index contributed by atoms with van der Waals surface area (Å²) in [6.07, 6.45) is 0.144. The first kappa shape index (κ1) is 21.6. The Morgan fingerprint density at radius 1 is 1.07 bits per heavy atom. The van der Waals surface area contributed by atoms with Crippen molar-refractivity contribution in [3.05, 3.63) is 71.8 Å². The molecule has 0 spiro atoms. The molecular weight excluding hydrogens is 380 g/mol. The van der Waals surface area contributed by atoms with Crippen LogP contribution in [0.3, 0.4) is 0 Å². The second-order valence-corrected chi connectivity index (χ2v) is 8.68. The number of amides is 3. The van der Waals surface area contributed by atoms with Crippen LogP contribution in [0.5, 0.6) is 0 Å². The zero-order chi connectivity index (χ0) is 21.9. The van der Waals surface area contributed by atoms with E-state index >= 15 is 0 Å². The summed E-state index contributed by atoms with van der Waals surface area (Å²) in [5.41, 5.74) is -0.333. The molecule has 0 unspecified atom stereocenters. The molecule has 0 radical (unpaired) electrons. The van der Waals surface area contributed by atoms with Gasteiger partial charge in [-0.3, -0.25) is 4.79 Å². The monoisotopic (exact) mass is 408 g/mol. The van der Waals surface area contributed by atoms with E-state index in [1.54, 1.807) is 20.8 Å². The van der Waals surface area contributed by atoms with Crippen molar-refractivity contribution in [2.45, 2.75) is 57.7 Å². The average Bonchev–Trinajstić information content (AvgIpc) is 2.67. The molecule has 2 atom stereocenters. The first-order valence-electron chi connectivity index (χ1n) is 10.1. The van der Waals surface area contributed by atoms with E-state index < -0.39 is 29.0 Å². The number of β-lactam (4-membered cyclic amide) rings is 1. The van der Waals surface area contributed by atoms with Gasteiger partial charge in [-0.25, -0.2) is 14.5 Å². The molecule has 6 nitrogen and oxygen atoms in total. The normalized spacial score (nSPS) is 19.6. The summed E-state index contributed by atoms with van der Waals surface area (Å²) in [4.78, 5) is 39.8. The van der Waals surface area contributed by atoms with Gasteiger partial charge in [0.2, 0.25) is 5.91 Å². The number of rotatable bonds is 5. The van der Waals surface area contributed by atoms with E-state index in [1.165, 1.54) is 0 Å². The lowest BCUT2D eigenvalue weighted by molar-refractivity contribution is -0.182. The molecule has 1 heterocycles. The Balaban J connectivity index is 1.88. The molecule has 30 heavy (non-hydrogen) atoms. The number of imide groups is 1. The Morgan fingerprint density at radius 2 is 1.63 bits per heavy atom. The molecule has 0 saturated carbocycles. The summed E-state index contributed by atoms with van der Waals surface area (Å²) in [6, 6.07) is 17.9. The second kappa shape index (κ2) is 8.30. The molecule has 3 rings (SSSR count). The summed E-state index contributed by atoms with van der Waals surface area (Å²) < 4.78 is 5.62. The van der Waals surface area contributed by atoms with Crippen LogP contribution >= 0.6 is 0 Å². The number of carbonyl (C=O) groups is 3. The van der Waals surface area contributed by atoms with Gasteiger partial charge >= 0.3 is 12.0 Å². The summed E-state index contributed by atoms with van der Waals surface area (Å²) in [6.45, 7) is 7.14. The molecule has 0 aliphatic carbocycles. The van der Waals surface area contributed by atoms with Crippen molar-refractivity contribution in [1.29, 1.82) is 0 Å². The molecule has 1 aliphatic rings. The Kier molecular flexibility index (Phi) is 5.97. The smallest absolute Gasteiger partial charge is 0.334 e. The first-order chi connectivity index (χ1) is 14.1. The van der Waals surface area contributed by atoms with Gasteiger partial charge in [0.25, 0.3) is 0 Å². The Morgan fingerprint density at radius 3 is 2.17 bits per heavy atom. The summed E-state index contributed by atoms with van der Waals surface area (Å²) in [5, 5.41) is 2.85. The number of urea groups is 1. The summed E-state index contributed by atoms with van der Waals surface area (Å²) >= 11 is 0. The number of hydrogen-bond acceptors (Lipinski definition) is 4. The fraction of sp³-hybridized carbons (Fsp3) is 0.375. The van der Waals surface area contributed by atoms with E-state index in [-0.39, 0.29) is 18.9 Å². The van der Waals surface area contributed by atoms with Crippen molar-refractivity contribution in [3.63, 3.8) is 0 Å². The predicted octanol–water partition coefficient (Wildman–Crippen LogP) is 4.01. The quantitative estimate of drug-likeness (QED) is 0.599. The van der Waals surface area contributed by atoms with Crippen molar-refractivity contribution < 1.29 is 19.1 Å². The van der Waals surface area contributed by atoms with Gasteiger partial charge in [0.05, 0.1) is 12.5 Å². The topological polar surface area (TPSA) is 75.7 Å². The van der Waals surface area contributed by atoms with Crippen LogP contribution in [0.2, 0.25) is 0 Å². The van der Waals surface area contributed by atoms with Crippen LogP contribution in [0.15, 0.2) is 60.7 Å². The van der Waals surface area contributed by atoms with E-state index in [9.17, 15) is 14.4 Å². The van der Waals surface area contributed by atoms with E-state index in [1.807, 2.05) is 67.6 Å². The van der Waals surface area contributed by atoms with Gasteiger partial charge < -0.3 is 10.1 Å². The number of nitrogens with one attached hydrogen (secondary N) is 1. The Bertz CT molecular complexity index is 921. The van der Waals surface area contributed by atoms with Gasteiger partial charge in [0, 0.05) is 6.42 Å². The fourth-order valence-corrected chi connectivity index (χ4v) is 3.62. The number of nitrogens with zero attached hydrogens (tertiary/aromatic N) is 1. The number of hydrogen-bond donors (Lipinski definition) is 1. The summed E-state index contributed by atoms with van der Waals surface area (Å²) in [7, 11) is 0. The molecule has 0 bridgehead atoms. The number of benzene rings is 2. The highest BCUT2D eigenvalue weighted by molar-refractivity contribution is 6.09. The molecule has 1 saturated heterocycles. The minimum Gasteiger partial charge on any atom is -0.458 e. The highest BCUT2D eigenvalue weighted by Crippen LogP contribution is 2.38. The van der Waals surface area contributed by atoms with Crippen LogP contribution in [0.1, 0.15) is 51.3 Å². The minimum absolute atomic E-state index is 0.0655. The molecule has 1 aliphatic heterocycles. The maximum absolute atomic E-state index is 13.2. The van der Waals surface area contributed by atoms with Crippen LogP contribution < -0.4 is 5.32 Å². The van der Waals surface area contributed by atoms with Crippen LogP contribution in [-0.2, 0) is 20.7 Å². The van der Waals surface area contributed by atoms with E-state index in [4.69, 9.17) is 4.74 Å². The van der Waals surface area contributed by atoms with Gasteiger partial charge in [-0.1, -0.05) is 60.7 Å². The molecule has 2 aromatic carbocycles. The van der Waals surface area contributed by atoms with Crippen LogP contribution in [-0.4, -0.2) is 33.9 Å². The summed E-state index contributed by atoms with van der Waals surface area (Å²) in [5.74, 6) is -0.962. The van der Waals surface area contributed by atoms with E-state index in [2.05, 4.69) is 5.32 Å². The number of likely N-dealkylation sites (tertiary alicyclic amines) is 1. The predicted molar refractivity (Wildman–Crippen MR) is 114 cm³/mol. The fourth-order valence-electron chi connectivity index (χ4n) is 3.62. The molecule has 6 heteroatoms. The molecule has 1 N–H and O–H groups in total. The molecular formula is C24H28N2O4. The SMILES string of the molecule is C[C@@H](NC(=O)N1C(=O)C[C@]1(Cc1ccccc1)C(=O)OC(C)(C)C)c1ccccc1. The van der Waals surface area contributed by atoms with Gasteiger partial charge in [0.15, 0.2) is 5.54 Å². The highest BCUT2D eigenvalue weighted by atomic mass is 16.6. The van der Waals surface area contributed by atoms with Crippen molar-refractivity contribution in [1.82, 2.24) is 10.2 Å². The lowest BCUT2D eigenvalue weighted by atomic mass is 9.78. The van der Waals surface area contributed by atoms with Crippen molar-refractivity contribution in [3.8, 4) is 0 Å². The van der Waals surface area contributed by atoms with Gasteiger partial charge in [-0.2, -0.15) is 0 Å².